The summed E-state index contributed by atoms with van der Waals surface area (Å²) in [6.45, 7) is 8.47. The molecular formula is C13H19NO. The first kappa shape index (κ1) is 11.8. The van der Waals surface area contributed by atoms with Crippen LogP contribution in [0.5, 0.6) is 0 Å². The maximum Gasteiger partial charge on any atom is 0.119 e. The fraction of sp³-hybridized carbons (Fsp3) is 0.385. The van der Waals surface area contributed by atoms with E-state index in [0.29, 0.717) is 6.61 Å². The highest BCUT2D eigenvalue weighted by atomic mass is 16.5. The van der Waals surface area contributed by atoms with E-state index in [0.717, 1.165) is 17.7 Å². The fourth-order valence-corrected chi connectivity index (χ4v) is 1.46. The van der Waals surface area contributed by atoms with E-state index in [1.165, 1.54) is 5.56 Å². The van der Waals surface area contributed by atoms with Crippen LogP contribution in [-0.2, 0) is 11.2 Å². The van der Waals surface area contributed by atoms with Crippen LogP contribution in [0, 0.1) is 0 Å². The Kier molecular flexibility index (Phi) is 4.37. The molecule has 0 aliphatic heterocycles. The molecule has 0 saturated carbocycles. The maximum absolute atomic E-state index is 5.73. The van der Waals surface area contributed by atoms with Crippen LogP contribution in [-0.4, -0.2) is 12.6 Å². The molecule has 1 unspecified atom stereocenters. The van der Waals surface area contributed by atoms with E-state index < -0.39 is 0 Å². The third-order valence-corrected chi connectivity index (χ3v) is 2.15. The third-order valence-electron chi connectivity index (χ3n) is 2.15. The van der Waals surface area contributed by atoms with Gasteiger partial charge in [-0.1, -0.05) is 30.8 Å². The zero-order valence-electron chi connectivity index (χ0n) is 9.49. The van der Waals surface area contributed by atoms with Gasteiger partial charge in [0.15, 0.2) is 0 Å². The van der Waals surface area contributed by atoms with Gasteiger partial charge in [0.1, 0.15) is 5.76 Å². The summed E-state index contributed by atoms with van der Waals surface area (Å²) in [4.78, 5) is 0. The summed E-state index contributed by atoms with van der Waals surface area (Å²) in [7, 11) is 0. The Balaban J connectivity index is 2.67. The molecule has 0 radical (unpaired) electrons. The van der Waals surface area contributed by atoms with Crippen LogP contribution in [0.25, 0.3) is 5.76 Å². The molecule has 1 atom stereocenters. The molecule has 1 rings (SSSR count). The second kappa shape index (κ2) is 5.56. The van der Waals surface area contributed by atoms with Gasteiger partial charge in [-0.05, 0) is 25.8 Å². The smallest absolute Gasteiger partial charge is 0.119 e. The van der Waals surface area contributed by atoms with Gasteiger partial charge in [0.05, 0.1) is 6.61 Å². The van der Waals surface area contributed by atoms with Crippen molar-refractivity contribution >= 4 is 5.76 Å². The number of hydrogen-bond acceptors (Lipinski definition) is 2. The predicted molar refractivity (Wildman–Crippen MR) is 64.5 cm³/mol. The molecule has 1 aromatic carbocycles. The van der Waals surface area contributed by atoms with Crippen LogP contribution in [0.4, 0.5) is 0 Å². The van der Waals surface area contributed by atoms with Crippen molar-refractivity contribution in [3.8, 4) is 0 Å². The Hall–Kier alpha value is -1.28. The van der Waals surface area contributed by atoms with Gasteiger partial charge < -0.3 is 10.5 Å². The quantitative estimate of drug-likeness (QED) is 0.750. The molecule has 0 heterocycles. The van der Waals surface area contributed by atoms with Gasteiger partial charge in [-0.3, -0.25) is 0 Å². The van der Waals surface area contributed by atoms with E-state index in [9.17, 15) is 0 Å². The second-order valence-corrected chi connectivity index (χ2v) is 3.73. The maximum atomic E-state index is 5.73. The Morgan fingerprint density at radius 1 is 1.40 bits per heavy atom. The molecule has 82 valence electrons. The Morgan fingerprint density at radius 2 is 2.00 bits per heavy atom. The van der Waals surface area contributed by atoms with Crippen molar-refractivity contribution in [3.05, 3.63) is 42.0 Å². The van der Waals surface area contributed by atoms with Crippen LogP contribution >= 0.6 is 0 Å². The van der Waals surface area contributed by atoms with E-state index in [2.05, 4.69) is 18.7 Å². The van der Waals surface area contributed by atoms with E-state index in [1.54, 1.807) is 0 Å². The lowest BCUT2D eigenvalue weighted by Gasteiger charge is -2.09. The van der Waals surface area contributed by atoms with E-state index in [1.807, 2.05) is 26.0 Å². The molecule has 0 spiro atoms. The highest BCUT2D eigenvalue weighted by Crippen LogP contribution is 2.15. The van der Waals surface area contributed by atoms with Crippen molar-refractivity contribution in [2.75, 3.05) is 6.61 Å². The van der Waals surface area contributed by atoms with Gasteiger partial charge >= 0.3 is 0 Å². The summed E-state index contributed by atoms with van der Waals surface area (Å²) in [6, 6.07) is 8.39. The normalized spacial score (nSPS) is 12.2. The molecule has 0 aliphatic rings. The number of rotatable bonds is 5. The molecule has 2 heteroatoms. The lowest BCUT2D eigenvalue weighted by Crippen LogP contribution is -2.17. The molecule has 2 nitrogen and oxygen atoms in total. The number of hydrogen-bond donors (Lipinski definition) is 1. The minimum atomic E-state index is 0.200. The number of nitrogens with two attached hydrogens (primary N) is 1. The van der Waals surface area contributed by atoms with Crippen molar-refractivity contribution in [2.45, 2.75) is 26.3 Å². The zero-order valence-corrected chi connectivity index (χ0v) is 9.49. The summed E-state index contributed by atoms with van der Waals surface area (Å²) >= 11 is 0. The Bertz CT molecular complexity index is 314. The van der Waals surface area contributed by atoms with Gasteiger partial charge in [-0.25, -0.2) is 0 Å². The van der Waals surface area contributed by atoms with Crippen molar-refractivity contribution in [3.63, 3.8) is 0 Å². The first-order chi connectivity index (χ1) is 7.13. The summed E-state index contributed by atoms with van der Waals surface area (Å²) in [6.07, 6.45) is 0.904. The molecule has 15 heavy (non-hydrogen) atoms. The largest absolute Gasteiger partial charge is 0.494 e. The number of ether oxygens (including phenoxy) is 1. The van der Waals surface area contributed by atoms with Crippen molar-refractivity contribution in [1.29, 1.82) is 0 Å². The SMILES string of the molecule is C=C(OCC)c1ccc(CC(C)N)cc1. The zero-order chi connectivity index (χ0) is 11.3. The van der Waals surface area contributed by atoms with Crippen LogP contribution in [0.2, 0.25) is 0 Å². The average Bonchev–Trinajstić information content (AvgIpc) is 2.18. The monoisotopic (exact) mass is 205 g/mol. The van der Waals surface area contributed by atoms with Gasteiger partial charge in [0, 0.05) is 11.6 Å². The topological polar surface area (TPSA) is 35.2 Å². The molecule has 0 saturated heterocycles. The molecule has 0 amide bonds. The standard InChI is InChI=1S/C13H19NO/c1-4-15-11(3)13-7-5-12(6-8-13)9-10(2)14/h5-8,10H,3-4,9,14H2,1-2H3. The lowest BCUT2D eigenvalue weighted by atomic mass is 10.1. The minimum absolute atomic E-state index is 0.200. The highest BCUT2D eigenvalue weighted by Gasteiger charge is 2.01. The molecular weight excluding hydrogens is 186 g/mol. The first-order valence-electron chi connectivity index (χ1n) is 5.30. The van der Waals surface area contributed by atoms with Gasteiger partial charge in [-0.2, -0.15) is 0 Å². The molecule has 2 N–H and O–H groups in total. The molecule has 0 fully saturated rings. The van der Waals surface area contributed by atoms with Crippen LogP contribution in [0.1, 0.15) is 25.0 Å². The van der Waals surface area contributed by atoms with Crippen molar-refractivity contribution in [2.24, 2.45) is 5.73 Å². The molecule has 0 bridgehead atoms. The fourth-order valence-electron chi connectivity index (χ4n) is 1.46. The van der Waals surface area contributed by atoms with E-state index in [4.69, 9.17) is 10.5 Å². The third kappa shape index (κ3) is 3.76. The van der Waals surface area contributed by atoms with E-state index in [-0.39, 0.29) is 6.04 Å². The predicted octanol–water partition coefficient (Wildman–Crippen LogP) is 2.58. The first-order valence-corrected chi connectivity index (χ1v) is 5.30. The lowest BCUT2D eigenvalue weighted by molar-refractivity contribution is 0.299. The second-order valence-electron chi connectivity index (χ2n) is 3.73. The van der Waals surface area contributed by atoms with E-state index >= 15 is 0 Å². The molecule has 0 aromatic heterocycles. The van der Waals surface area contributed by atoms with Crippen molar-refractivity contribution < 1.29 is 4.74 Å². The number of benzene rings is 1. The van der Waals surface area contributed by atoms with Gasteiger partial charge in [0.25, 0.3) is 0 Å². The minimum Gasteiger partial charge on any atom is -0.494 e. The van der Waals surface area contributed by atoms with Crippen LogP contribution in [0.15, 0.2) is 30.8 Å². The van der Waals surface area contributed by atoms with Crippen molar-refractivity contribution in [1.82, 2.24) is 0 Å². The van der Waals surface area contributed by atoms with Gasteiger partial charge in [-0.15, -0.1) is 0 Å². The van der Waals surface area contributed by atoms with Crippen LogP contribution < -0.4 is 5.73 Å². The highest BCUT2D eigenvalue weighted by molar-refractivity contribution is 5.57. The molecule has 1 aromatic rings. The summed E-state index contributed by atoms with van der Waals surface area (Å²) < 4.78 is 5.33. The summed E-state index contributed by atoms with van der Waals surface area (Å²) in [5.74, 6) is 0.727. The van der Waals surface area contributed by atoms with Crippen LogP contribution in [0.3, 0.4) is 0 Å². The average molecular weight is 205 g/mol. The molecule has 0 aliphatic carbocycles. The van der Waals surface area contributed by atoms with Gasteiger partial charge in [0.2, 0.25) is 0 Å². The Labute approximate surface area is 91.7 Å². The Morgan fingerprint density at radius 3 is 2.47 bits per heavy atom. The summed E-state index contributed by atoms with van der Waals surface area (Å²) in [5, 5.41) is 0. The summed E-state index contributed by atoms with van der Waals surface area (Å²) in [5.41, 5.74) is 8.01.